The van der Waals surface area contributed by atoms with E-state index in [0.717, 1.165) is 52.7 Å². The third-order valence-corrected chi connectivity index (χ3v) is 5.61. The molecule has 1 aliphatic rings. The van der Waals surface area contributed by atoms with Gasteiger partial charge in [0.25, 0.3) is 0 Å². The average Bonchev–Trinajstić information content (AvgIpc) is 3.31. The van der Waals surface area contributed by atoms with Crippen LogP contribution >= 0.6 is 0 Å². The van der Waals surface area contributed by atoms with Gasteiger partial charge < -0.3 is 14.4 Å². The lowest BCUT2D eigenvalue weighted by atomic mass is 10.1. The molecule has 0 spiro atoms. The molecule has 0 aliphatic carbocycles. The number of allylic oxidation sites excluding steroid dienone is 1. The Bertz CT molecular complexity index is 1160. The van der Waals surface area contributed by atoms with Gasteiger partial charge in [0, 0.05) is 43.7 Å². The molecule has 0 radical (unpaired) electrons. The Labute approximate surface area is 200 Å². The molecule has 3 heterocycles. The summed E-state index contributed by atoms with van der Waals surface area (Å²) in [6.07, 6.45) is 9.85. The maximum Gasteiger partial charge on any atom is 0.123 e. The zero-order valence-corrected chi connectivity index (χ0v) is 19.6. The molecule has 3 aromatic rings. The van der Waals surface area contributed by atoms with Crippen LogP contribution in [0.2, 0.25) is 0 Å². The highest BCUT2D eigenvalue weighted by atomic mass is 16.5. The standard InChI is InChI=1S/C26H30N6O2/c1-20-17-22(6-7-26(20)33-3)19-29-28-10-4-5-24-18-25(23-8-11-27-12-9-23)30-32(24)21(2)31-13-15-34-16-14-31/h4,6-12,17-19,28H,2,5,13-16H2,1,3H3/b10-4+,29-19+. The zero-order valence-electron chi connectivity index (χ0n) is 19.6. The molecule has 8 nitrogen and oxygen atoms in total. The summed E-state index contributed by atoms with van der Waals surface area (Å²) in [5.41, 5.74) is 7.99. The van der Waals surface area contributed by atoms with Gasteiger partial charge in [-0.3, -0.25) is 10.4 Å². The van der Waals surface area contributed by atoms with Gasteiger partial charge in [-0.1, -0.05) is 12.7 Å². The van der Waals surface area contributed by atoms with Crippen LogP contribution in [0.1, 0.15) is 16.8 Å². The lowest BCUT2D eigenvalue weighted by Crippen LogP contribution is -2.36. The first-order chi connectivity index (χ1) is 16.7. The van der Waals surface area contributed by atoms with Crippen molar-refractivity contribution >= 4 is 12.0 Å². The van der Waals surface area contributed by atoms with E-state index in [0.29, 0.717) is 19.6 Å². The van der Waals surface area contributed by atoms with Gasteiger partial charge in [-0.2, -0.15) is 10.2 Å². The monoisotopic (exact) mass is 458 g/mol. The van der Waals surface area contributed by atoms with Crippen LogP contribution in [-0.2, 0) is 11.2 Å². The smallest absolute Gasteiger partial charge is 0.123 e. The maximum absolute atomic E-state index is 5.48. The van der Waals surface area contributed by atoms with Gasteiger partial charge >= 0.3 is 0 Å². The molecule has 0 unspecified atom stereocenters. The molecule has 4 rings (SSSR count). The quantitative estimate of drug-likeness (QED) is 0.389. The van der Waals surface area contributed by atoms with Crippen LogP contribution in [0, 0.1) is 6.92 Å². The second kappa shape index (κ2) is 11.3. The van der Waals surface area contributed by atoms with Crippen molar-refractivity contribution in [3.05, 3.63) is 84.5 Å². The summed E-state index contributed by atoms with van der Waals surface area (Å²) in [5, 5.41) is 9.13. The van der Waals surface area contributed by atoms with Gasteiger partial charge in [-0.05, 0) is 54.4 Å². The van der Waals surface area contributed by atoms with Crippen LogP contribution in [0.4, 0.5) is 0 Å². The molecule has 1 aliphatic heterocycles. The SMILES string of the molecule is C=C(N1CCOCC1)n1nc(-c2ccncc2)cc1C/C=C/N/N=C/c1ccc(OC)c(C)c1. The van der Waals surface area contributed by atoms with Crippen molar-refractivity contribution < 1.29 is 9.47 Å². The summed E-state index contributed by atoms with van der Waals surface area (Å²) in [6.45, 7) is 9.33. The first kappa shape index (κ1) is 23.3. The second-order valence-electron chi connectivity index (χ2n) is 7.91. The van der Waals surface area contributed by atoms with Gasteiger partial charge in [0.1, 0.15) is 11.6 Å². The number of nitrogens with zero attached hydrogens (tertiary/aromatic N) is 5. The molecular formula is C26H30N6O2. The first-order valence-electron chi connectivity index (χ1n) is 11.3. The summed E-state index contributed by atoms with van der Waals surface area (Å²) < 4.78 is 12.7. The Morgan fingerprint density at radius 3 is 2.74 bits per heavy atom. The van der Waals surface area contributed by atoms with Crippen molar-refractivity contribution in [1.29, 1.82) is 0 Å². The molecular weight excluding hydrogens is 428 g/mol. The number of hydrogen-bond donors (Lipinski definition) is 1. The van der Waals surface area contributed by atoms with Crippen molar-refractivity contribution in [1.82, 2.24) is 25.1 Å². The lowest BCUT2D eigenvalue weighted by Gasteiger charge is -2.30. The number of ether oxygens (including phenoxy) is 2. The van der Waals surface area contributed by atoms with Crippen molar-refractivity contribution in [2.24, 2.45) is 5.10 Å². The fourth-order valence-electron chi connectivity index (χ4n) is 3.78. The van der Waals surface area contributed by atoms with Gasteiger partial charge in [-0.15, -0.1) is 0 Å². The molecule has 1 N–H and O–H groups in total. The highest BCUT2D eigenvalue weighted by Gasteiger charge is 2.18. The minimum atomic E-state index is 0.672. The predicted octanol–water partition coefficient (Wildman–Crippen LogP) is 3.70. The molecule has 34 heavy (non-hydrogen) atoms. The number of hydrazone groups is 1. The largest absolute Gasteiger partial charge is 0.496 e. The van der Waals surface area contributed by atoms with Crippen LogP contribution in [-0.4, -0.2) is 59.3 Å². The van der Waals surface area contributed by atoms with Gasteiger partial charge in [0.2, 0.25) is 0 Å². The fraction of sp³-hybridized carbons (Fsp3) is 0.269. The van der Waals surface area contributed by atoms with Crippen LogP contribution in [0.15, 0.2) is 72.7 Å². The molecule has 1 fully saturated rings. The van der Waals surface area contributed by atoms with E-state index in [-0.39, 0.29) is 0 Å². The Hall–Kier alpha value is -3.91. The van der Waals surface area contributed by atoms with E-state index in [9.17, 15) is 0 Å². The normalized spacial score (nSPS) is 14.1. The summed E-state index contributed by atoms with van der Waals surface area (Å²) in [5.74, 6) is 1.72. The predicted molar refractivity (Wildman–Crippen MR) is 134 cm³/mol. The number of pyridine rings is 1. The third kappa shape index (κ3) is 5.71. The van der Waals surface area contributed by atoms with E-state index in [2.05, 4.69) is 33.1 Å². The number of aromatic nitrogens is 3. The van der Waals surface area contributed by atoms with E-state index in [1.807, 2.05) is 54.2 Å². The summed E-state index contributed by atoms with van der Waals surface area (Å²) >= 11 is 0. The molecule has 0 amide bonds. The summed E-state index contributed by atoms with van der Waals surface area (Å²) in [7, 11) is 1.67. The van der Waals surface area contributed by atoms with E-state index >= 15 is 0 Å². The topological polar surface area (TPSA) is 76.8 Å². The third-order valence-electron chi connectivity index (χ3n) is 5.61. The number of nitrogens with one attached hydrogen (secondary N) is 1. The maximum atomic E-state index is 5.48. The summed E-state index contributed by atoms with van der Waals surface area (Å²) in [4.78, 5) is 6.32. The fourth-order valence-corrected chi connectivity index (χ4v) is 3.78. The highest BCUT2D eigenvalue weighted by molar-refractivity contribution is 5.80. The minimum absolute atomic E-state index is 0.672. The van der Waals surface area contributed by atoms with Crippen molar-refractivity contribution in [3.63, 3.8) is 0 Å². The second-order valence-corrected chi connectivity index (χ2v) is 7.91. The van der Waals surface area contributed by atoms with Crippen molar-refractivity contribution in [2.45, 2.75) is 13.3 Å². The van der Waals surface area contributed by atoms with Gasteiger partial charge in [-0.25, -0.2) is 4.68 Å². The van der Waals surface area contributed by atoms with Gasteiger partial charge in [0.05, 0.1) is 37.9 Å². The van der Waals surface area contributed by atoms with Crippen molar-refractivity contribution in [2.75, 3.05) is 33.4 Å². The molecule has 1 aromatic carbocycles. The van der Waals surface area contributed by atoms with E-state index < -0.39 is 0 Å². The zero-order chi connectivity index (χ0) is 23.8. The van der Waals surface area contributed by atoms with E-state index in [1.165, 1.54) is 0 Å². The lowest BCUT2D eigenvalue weighted by molar-refractivity contribution is 0.0612. The minimum Gasteiger partial charge on any atom is -0.496 e. The summed E-state index contributed by atoms with van der Waals surface area (Å²) in [6, 6.07) is 12.0. The Balaban J connectivity index is 1.44. The molecule has 0 bridgehead atoms. The Morgan fingerprint density at radius 1 is 1.21 bits per heavy atom. The molecule has 176 valence electrons. The van der Waals surface area contributed by atoms with Gasteiger partial charge in [0.15, 0.2) is 0 Å². The average molecular weight is 459 g/mol. The Kier molecular flexibility index (Phi) is 7.72. The number of morpholine rings is 1. The van der Waals surface area contributed by atoms with Crippen LogP contribution in [0.25, 0.3) is 17.1 Å². The van der Waals surface area contributed by atoms with Crippen molar-refractivity contribution in [3.8, 4) is 17.0 Å². The number of hydrogen-bond acceptors (Lipinski definition) is 7. The Morgan fingerprint density at radius 2 is 2.00 bits per heavy atom. The molecule has 0 saturated carbocycles. The van der Waals surface area contributed by atoms with E-state index in [1.54, 1.807) is 25.7 Å². The number of aryl methyl sites for hydroxylation is 1. The van der Waals surface area contributed by atoms with Crippen LogP contribution in [0.3, 0.4) is 0 Å². The molecule has 8 heteroatoms. The molecule has 0 atom stereocenters. The number of rotatable bonds is 9. The first-order valence-corrected chi connectivity index (χ1v) is 11.3. The van der Waals surface area contributed by atoms with Crippen LogP contribution < -0.4 is 10.2 Å². The molecule has 1 saturated heterocycles. The molecule has 2 aromatic heterocycles. The number of methoxy groups -OCH3 is 1. The van der Waals surface area contributed by atoms with E-state index in [4.69, 9.17) is 14.6 Å². The highest BCUT2D eigenvalue weighted by Crippen LogP contribution is 2.23. The van der Waals surface area contributed by atoms with Crippen LogP contribution in [0.5, 0.6) is 5.75 Å². The number of benzene rings is 1.